The maximum Gasteiger partial charge on any atom is 0.333 e. The van der Waals surface area contributed by atoms with E-state index < -0.39 is 11.9 Å². The molecule has 4 nitrogen and oxygen atoms in total. The van der Waals surface area contributed by atoms with Crippen LogP contribution >= 0.6 is 0 Å². The van der Waals surface area contributed by atoms with E-state index in [2.05, 4.69) is 0 Å². The Bertz CT molecular complexity index is 233. The molecular weight excluding hydrogens is 186 g/mol. The van der Waals surface area contributed by atoms with E-state index in [1.807, 2.05) is 0 Å². The second kappa shape index (κ2) is 8.38. The van der Waals surface area contributed by atoms with Crippen LogP contribution in [-0.2, 0) is 9.59 Å². The predicted molar refractivity (Wildman–Crippen MR) is 40.4 cm³/mol. The molecule has 2 N–H and O–H groups in total. The summed E-state index contributed by atoms with van der Waals surface area (Å²) < 4.78 is 21.8. The van der Waals surface area contributed by atoms with Gasteiger partial charge in [0.25, 0.3) is 0 Å². The third-order valence-electron chi connectivity index (χ3n) is 0.707. The molecule has 0 saturated carbocycles. The van der Waals surface area contributed by atoms with Gasteiger partial charge in [-0.05, 0) is 6.92 Å². The van der Waals surface area contributed by atoms with Gasteiger partial charge in [0.15, 0.2) is 0 Å². The van der Waals surface area contributed by atoms with E-state index in [0.717, 1.165) is 0 Å². The second-order valence-electron chi connectivity index (χ2n) is 1.73. The van der Waals surface area contributed by atoms with Gasteiger partial charge in [0.2, 0.25) is 0 Å². The Morgan fingerprint density at radius 3 is 1.69 bits per heavy atom. The van der Waals surface area contributed by atoms with Gasteiger partial charge in [-0.2, -0.15) is 0 Å². The third-order valence-corrected chi connectivity index (χ3v) is 0.707. The second-order valence-corrected chi connectivity index (χ2v) is 1.73. The zero-order valence-electron chi connectivity index (χ0n) is 6.70. The summed E-state index contributed by atoms with van der Waals surface area (Å²) in [4.78, 5) is 18.9. The van der Waals surface area contributed by atoms with Gasteiger partial charge >= 0.3 is 11.9 Å². The molecule has 0 aliphatic carbocycles. The van der Waals surface area contributed by atoms with Crippen molar-refractivity contribution >= 4 is 11.9 Å². The van der Waals surface area contributed by atoms with Crippen LogP contribution in [-0.4, -0.2) is 22.2 Å². The maximum absolute atomic E-state index is 11.1. The number of hydrogen-bond acceptors (Lipinski definition) is 2. The molecule has 0 aromatic carbocycles. The molecule has 0 saturated heterocycles. The van der Waals surface area contributed by atoms with Crippen molar-refractivity contribution in [1.82, 2.24) is 0 Å². The summed E-state index contributed by atoms with van der Waals surface area (Å²) in [5.74, 6) is -2.49. The normalized spacial score (nSPS) is 10.5. The van der Waals surface area contributed by atoms with E-state index in [1.54, 1.807) is 0 Å². The van der Waals surface area contributed by atoms with E-state index in [-0.39, 0.29) is 18.2 Å². The van der Waals surface area contributed by atoms with Crippen LogP contribution in [0.25, 0.3) is 0 Å². The minimum atomic E-state index is -1.27. The summed E-state index contributed by atoms with van der Waals surface area (Å²) in [7, 11) is 0. The summed E-state index contributed by atoms with van der Waals surface area (Å²) >= 11 is 0. The minimum Gasteiger partial charge on any atom is -0.478 e. The van der Waals surface area contributed by atoms with Crippen molar-refractivity contribution in [2.75, 3.05) is 0 Å². The van der Waals surface area contributed by atoms with Crippen molar-refractivity contribution in [1.29, 1.82) is 0 Å². The Labute approximate surface area is 72.8 Å². The van der Waals surface area contributed by atoms with Crippen molar-refractivity contribution in [2.24, 2.45) is 0 Å². The molecule has 0 amide bonds. The standard InChI is InChI=1S/C4H5FO2.C3H3FO2/c1-3(2-5)4(6)7;4-2-1-3(5)6/h2H,1H3,(H,6,7);1-2H,(H,5,6). The summed E-state index contributed by atoms with van der Waals surface area (Å²) in [5.41, 5.74) is -0.278. The van der Waals surface area contributed by atoms with Crippen LogP contribution in [0.15, 0.2) is 24.3 Å². The molecule has 13 heavy (non-hydrogen) atoms. The lowest BCUT2D eigenvalue weighted by Crippen LogP contribution is -1.93. The van der Waals surface area contributed by atoms with E-state index in [1.165, 1.54) is 6.92 Å². The first-order valence-electron chi connectivity index (χ1n) is 2.95. The number of rotatable bonds is 2. The van der Waals surface area contributed by atoms with E-state index in [0.29, 0.717) is 6.08 Å². The van der Waals surface area contributed by atoms with Crippen molar-refractivity contribution in [2.45, 2.75) is 6.92 Å². The van der Waals surface area contributed by atoms with Gasteiger partial charge < -0.3 is 10.2 Å². The number of carboxylic acids is 2. The van der Waals surface area contributed by atoms with Crippen LogP contribution in [0, 0.1) is 0 Å². The fraction of sp³-hybridized carbons (Fsp3) is 0.143. The van der Waals surface area contributed by atoms with Crippen molar-refractivity contribution < 1.29 is 28.6 Å². The highest BCUT2D eigenvalue weighted by atomic mass is 19.1. The monoisotopic (exact) mass is 194 g/mol. The quantitative estimate of drug-likeness (QED) is 0.653. The highest BCUT2D eigenvalue weighted by Crippen LogP contribution is 1.89. The van der Waals surface area contributed by atoms with Gasteiger partial charge in [-0.3, -0.25) is 0 Å². The highest BCUT2D eigenvalue weighted by molar-refractivity contribution is 5.85. The summed E-state index contributed by atoms with van der Waals surface area (Å²) in [5, 5.41) is 15.5. The van der Waals surface area contributed by atoms with Crippen LogP contribution in [0.1, 0.15) is 6.92 Å². The smallest absolute Gasteiger partial charge is 0.333 e. The Balaban J connectivity index is 0. The Hall–Kier alpha value is -1.72. The largest absolute Gasteiger partial charge is 0.478 e. The number of carboxylic acid groups (broad SMARTS) is 2. The average Bonchev–Trinajstić information content (AvgIpc) is 2.03. The first kappa shape index (κ1) is 13.8. The number of halogens is 2. The Morgan fingerprint density at radius 1 is 1.23 bits per heavy atom. The number of carbonyl (C=O) groups is 2. The Kier molecular flexibility index (Phi) is 8.92. The van der Waals surface area contributed by atoms with E-state index in [9.17, 15) is 18.4 Å². The first-order chi connectivity index (χ1) is 5.95. The summed E-state index contributed by atoms with van der Waals surface area (Å²) in [6.45, 7) is 1.18. The lowest BCUT2D eigenvalue weighted by atomic mass is 10.4. The van der Waals surface area contributed by atoms with Crippen LogP contribution < -0.4 is 0 Å². The lowest BCUT2D eigenvalue weighted by Gasteiger charge is -1.81. The van der Waals surface area contributed by atoms with Crippen molar-refractivity contribution in [3.63, 3.8) is 0 Å². The zero-order valence-corrected chi connectivity index (χ0v) is 6.70. The summed E-state index contributed by atoms with van der Waals surface area (Å²) in [6, 6.07) is 0. The summed E-state index contributed by atoms with van der Waals surface area (Å²) in [6.07, 6.45) is 0.449. The molecule has 0 fully saturated rings. The molecule has 0 aromatic heterocycles. The molecule has 0 rings (SSSR count). The molecule has 0 spiro atoms. The predicted octanol–water partition coefficient (Wildman–Crippen LogP) is 1.50. The van der Waals surface area contributed by atoms with Crippen LogP contribution in [0.3, 0.4) is 0 Å². The van der Waals surface area contributed by atoms with Gasteiger partial charge in [0, 0.05) is 0 Å². The van der Waals surface area contributed by atoms with E-state index >= 15 is 0 Å². The molecule has 0 atom stereocenters. The van der Waals surface area contributed by atoms with Gasteiger partial charge in [0.1, 0.15) is 0 Å². The molecule has 0 aliphatic rings. The maximum atomic E-state index is 11.1. The SMILES string of the molecule is CC(=CF)C(=O)O.O=C(O)C=CF. The van der Waals surface area contributed by atoms with Gasteiger partial charge in [-0.25, -0.2) is 18.4 Å². The Morgan fingerprint density at radius 2 is 1.69 bits per heavy atom. The number of hydrogen-bond donors (Lipinski definition) is 2. The molecule has 0 aliphatic heterocycles. The number of aliphatic carboxylic acids is 2. The van der Waals surface area contributed by atoms with Crippen LogP contribution in [0.4, 0.5) is 8.78 Å². The molecule has 0 bridgehead atoms. The lowest BCUT2D eigenvalue weighted by molar-refractivity contribution is -0.133. The topological polar surface area (TPSA) is 74.6 Å². The molecule has 0 unspecified atom stereocenters. The molecule has 74 valence electrons. The average molecular weight is 194 g/mol. The zero-order chi connectivity index (χ0) is 10.9. The van der Waals surface area contributed by atoms with Gasteiger partial charge in [-0.15, -0.1) is 0 Å². The van der Waals surface area contributed by atoms with Crippen LogP contribution in [0.2, 0.25) is 0 Å². The van der Waals surface area contributed by atoms with E-state index in [4.69, 9.17) is 10.2 Å². The molecule has 0 aromatic rings. The molecule has 0 heterocycles. The fourth-order valence-electron chi connectivity index (χ4n) is 0.101. The fourth-order valence-corrected chi connectivity index (χ4v) is 0.101. The van der Waals surface area contributed by atoms with Crippen LogP contribution in [0.5, 0.6) is 0 Å². The first-order valence-corrected chi connectivity index (χ1v) is 2.95. The third kappa shape index (κ3) is 13.3. The molecule has 6 heteroatoms. The van der Waals surface area contributed by atoms with Gasteiger partial charge in [0.05, 0.1) is 24.3 Å². The van der Waals surface area contributed by atoms with Crippen molar-refractivity contribution in [3.05, 3.63) is 24.3 Å². The highest BCUT2D eigenvalue weighted by Gasteiger charge is 1.95. The molecular formula is C7H8F2O4. The molecule has 0 radical (unpaired) electrons. The minimum absolute atomic E-state index is 0.0255. The van der Waals surface area contributed by atoms with Crippen molar-refractivity contribution in [3.8, 4) is 0 Å². The van der Waals surface area contributed by atoms with Gasteiger partial charge in [-0.1, -0.05) is 0 Å².